The molecule has 0 unspecified atom stereocenters. The van der Waals surface area contributed by atoms with Gasteiger partial charge in [0, 0.05) is 7.05 Å². The number of oxime groups is 1. The monoisotopic (exact) mass is 239 g/mol. The Bertz CT molecular complexity index is 402. The lowest BCUT2D eigenvalue weighted by Gasteiger charge is -2.34. The van der Waals surface area contributed by atoms with Gasteiger partial charge < -0.3 is 20.9 Å². The lowest BCUT2D eigenvalue weighted by molar-refractivity contribution is 0.215. The average molecular weight is 239 g/mol. The molecular weight excluding hydrogens is 222 g/mol. The van der Waals surface area contributed by atoms with E-state index in [2.05, 4.69) is 15.1 Å². The zero-order valence-corrected chi connectivity index (χ0v) is 10.1. The van der Waals surface area contributed by atoms with Crippen LogP contribution in [0.15, 0.2) is 17.5 Å². The first-order valence-corrected chi connectivity index (χ1v) is 5.07. The van der Waals surface area contributed by atoms with Crippen LogP contribution in [0.25, 0.3) is 0 Å². The minimum atomic E-state index is -0.438. The topological polar surface area (TPSA) is 108 Å². The fraction of sp³-hybridized carbons (Fsp3) is 0.500. The Kier molecular flexibility index (Phi) is 3.84. The van der Waals surface area contributed by atoms with Crippen molar-refractivity contribution in [1.29, 1.82) is 0 Å². The van der Waals surface area contributed by atoms with Crippen LogP contribution in [0.4, 0.5) is 5.82 Å². The SMILES string of the molecule is CN(c1cnc(C(N)=NO)cn1)C(C)(C)CO. The summed E-state index contributed by atoms with van der Waals surface area (Å²) in [6.07, 6.45) is 2.92. The second-order valence-corrected chi connectivity index (χ2v) is 4.27. The number of rotatable bonds is 4. The summed E-state index contributed by atoms with van der Waals surface area (Å²) in [5, 5.41) is 20.6. The second-order valence-electron chi connectivity index (χ2n) is 4.27. The largest absolute Gasteiger partial charge is 0.409 e. The third-order valence-corrected chi connectivity index (χ3v) is 2.65. The van der Waals surface area contributed by atoms with Gasteiger partial charge in [0.05, 0.1) is 24.5 Å². The molecule has 0 fully saturated rings. The van der Waals surface area contributed by atoms with Crippen molar-refractivity contribution >= 4 is 11.7 Å². The highest BCUT2D eigenvalue weighted by molar-refractivity contribution is 5.94. The number of amidine groups is 1. The Morgan fingerprint density at radius 1 is 1.47 bits per heavy atom. The van der Waals surface area contributed by atoms with Crippen molar-refractivity contribution in [3.8, 4) is 0 Å². The molecule has 0 spiro atoms. The summed E-state index contributed by atoms with van der Waals surface area (Å²) in [7, 11) is 1.81. The van der Waals surface area contributed by atoms with Gasteiger partial charge in [-0.1, -0.05) is 5.16 Å². The molecule has 94 valence electrons. The summed E-state index contributed by atoms with van der Waals surface area (Å²) < 4.78 is 0. The number of aromatic nitrogens is 2. The van der Waals surface area contributed by atoms with Crippen molar-refractivity contribution in [1.82, 2.24) is 9.97 Å². The predicted molar refractivity (Wildman–Crippen MR) is 64.1 cm³/mol. The second kappa shape index (κ2) is 4.96. The summed E-state index contributed by atoms with van der Waals surface area (Å²) in [5.74, 6) is 0.506. The third-order valence-electron chi connectivity index (χ3n) is 2.65. The van der Waals surface area contributed by atoms with Crippen LogP contribution in [-0.4, -0.2) is 45.3 Å². The molecule has 0 saturated heterocycles. The van der Waals surface area contributed by atoms with Gasteiger partial charge in [-0.25, -0.2) is 9.97 Å². The number of hydrogen-bond acceptors (Lipinski definition) is 6. The van der Waals surface area contributed by atoms with Gasteiger partial charge in [0.1, 0.15) is 11.5 Å². The zero-order chi connectivity index (χ0) is 13.1. The van der Waals surface area contributed by atoms with Crippen LogP contribution in [0.3, 0.4) is 0 Å². The van der Waals surface area contributed by atoms with Crippen LogP contribution in [0.5, 0.6) is 0 Å². The number of likely N-dealkylation sites (N-methyl/N-ethyl adjacent to an activating group) is 1. The highest BCUT2D eigenvalue weighted by Gasteiger charge is 2.23. The highest BCUT2D eigenvalue weighted by atomic mass is 16.4. The summed E-state index contributed by atoms with van der Waals surface area (Å²) >= 11 is 0. The van der Waals surface area contributed by atoms with Crippen LogP contribution in [0.1, 0.15) is 19.5 Å². The first-order valence-electron chi connectivity index (χ1n) is 5.07. The Morgan fingerprint density at radius 2 is 2.12 bits per heavy atom. The molecule has 0 bridgehead atoms. The number of nitrogens with zero attached hydrogens (tertiary/aromatic N) is 4. The van der Waals surface area contributed by atoms with Gasteiger partial charge in [-0.2, -0.15) is 0 Å². The number of anilines is 1. The van der Waals surface area contributed by atoms with E-state index < -0.39 is 5.54 Å². The zero-order valence-electron chi connectivity index (χ0n) is 10.1. The molecule has 7 nitrogen and oxygen atoms in total. The van der Waals surface area contributed by atoms with E-state index in [0.29, 0.717) is 11.5 Å². The van der Waals surface area contributed by atoms with Crippen LogP contribution in [0.2, 0.25) is 0 Å². The van der Waals surface area contributed by atoms with E-state index >= 15 is 0 Å². The summed E-state index contributed by atoms with van der Waals surface area (Å²) in [5.41, 5.74) is 5.24. The van der Waals surface area contributed by atoms with Gasteiger partial charge in [0.25, 0.3) is 0 Å². The van der Waals surface area contributed by atoms with Crippen molar-refractivity contribution in [2.75, 3.05) is 18.6 Å². The van der Waals surface area contributed by atoms with Crippen LogP contribution in [0, 0.1) is 0 Å². The van der Waals surface area contributed by atoms with Crippen molar-refractivity contribution in [2.24, 2.45) is 10.9 Å². The molecule has 0 aromatic carbocycles. The van der Waals surface area contributed by atoms with Gasteiger partial charge >= 0.3 is 0 Å². The molecule has 0 aliphatic heterocycles. The van der Waals surface area contributed by atoms with Gasteiger partial charge in [-0.05, 0) is 13.8 Å². The first kappa shape index (κ1) is 13.2. The molecule has 7 heteroatoms. The van der Waals surface area contributed by atoms with E-state index in [4.69, 9.17) is 10.9 Å². The summed E-state index contributed by atoms with van der Waals surface area (Å²) in [6, 6.07) is 0. The highest BCUT2D eigenvalue weighted by Crippen LogP contribution is 2.18. The van der Waals surface area contributed by atoms with E-state index in [1.165, 1.54) is 12.4 Å². The van der Waals surface area contributed by atoms with Crippen LogP contribution < -0.4 is 10.6 Å². The molecule has 0 radical (unpaired) electrons. The Labute approximate surface area is 99.6 Å². The number of hydrogen-bond donors (Lipinski definition) is 3. The van der Waals surface area contributed by atoms with Gasteiger partial charge in [-0.15, -0.1) is 0 Å². The maximum Gasteiger partial charge on any atom is 0.190 e. The molecule has 0 atom stereocenters. The molecule has 0 aliphatic carbocycles. The molecule has 0 amide bonds. The smallest absolute Gasteiger partial charge is 0.190 e. The maximum absolute atomic E-state index is 9.24. The molecular formula is C10H17N5O2. The number of nitrogens with two attached hydrogens (primary N) is 1. The predicted octanol–water partition coefficient (Wildman–Crippen LogP) is -0.222. The molecule has 17 heavy (non-hydrogen) atoms. The van der Waals surface area contributed by atoms with Crippen molar-refractivity contribution in [2.45, 2.75) is 19.4 Å². The van der Waals surface area contributed by atoms with Crippen LogP contribution >= 0.6 is 0 Å². The van der Waals surface area contributed by atoms with E-state index in [1.54, 1.807) is 4.90 Å². The number of aliphatic hydroxyl groups excluding tert-OH is 1. The van der Waals surface area contributed by atoms with Gasteiger partial charge in [0.15, 0.2) is 5.84 Å². The van der Waals surface area contributed by atoms with Crippen molar-refractivity contribution in [3.05, 3.63) is 18.1 Å². The third kappa shape index (κ3) is 2.82. The molecule has 1 aromatic rings. The normalized spacial score (nSPS) is 12.6. The maximum atomic E-state index is 9.24. The van der Waals surface area contributed by atoms with Gasteiger partial charge in [-0.3, -0.25) is 0 Å². The minimum absolute atomic E-state index is 0.00678. The van der Waals surface area contributed by atoms with E-state index in [0.717, 1.165) is 0 Å². The standard InChI is InChI=1S/C10H17N5O2/c1-10(2,6-16)15(3)8-5-12-7(4-13-8)9(11)14-17/h4-5,16-17H,6H2,1-3H3,(H2,11,14). The molecule has 1 rings (SSSR count). The van der Waals surface area contributed by atoms with E-state index in [9.17, 15) is 5.11 Å². The van der Waals surface area contributed by atoms with Crippen molar-refractivity contribution < 1.29 is 10.3 Å². The van der Waals surface area contributed by atoms with Crippen molar-refractivity contribution in [3.63, 3.8) is 0 Å². The fourth-order valence-corrected chi connectivity index (χ4v) is 1.09. The fourth-order valence-electron chi connectivity index (χ4n) is 1.09. The van der Waals surface area contributed by atoms with E-state index in [-0.39, 0.29) is 12.4 Å². The molecule has 1 aromatic heterocycles. The molecule has 1 heterocycles. The van der Waals surface area contributed by atoms with E-state index in [1.807, 2.05) is 20.9 Å². The number of aliphatic hydroxyl groups is 1. The average Bonchev–Trinajstić information content (AvgIpc) is 2.37. The van der Waals surface area contributed by atoms with Crippen LogP contribution in [-0.2, 0) is 0 Å². The first-order chi connectivity index (χ1) is 7.92. The lowest BCUT2D eigenvalue weighted by Crippen LogP contribution is -2.44. The van der Waals surface area contributed by atoms with Gasteiger partial charge in [0.2, 0.25) is 0 Å². The Morgan fingerprint density at radius 3 is 2.53 bits per heavy atom. The summed E-state index contributed by atoms with van der Waals surface area (Å²) in [6.45, 7) is 3.76. The minimum Gasteiger partial charge on any atom is -0.409 e. The lowest BCUT2D eigenvalue weighted by atomic mass is 10.1. The molecule has 0 saturated carbocycles. The Hall–Kier alpha value is -1.89. The quantitative estimate of drug-likeness (QED) is 0.290. The summed E-state index contributed by atoms with van der Waals surface area (Å²) in [4.78, 5) is 9.96. The molecule has 4 N–H and O–H groups in total. The molecule has 0 aliphatic rings. The Balaban J connectivity index is 2.95.